The zero-order chi connectivity index (χ0) is 48.8. The summed E-state index contributed by atoms with van der Waals surface area (Å²) >= 11 is 0. The molecule has 10 atom stereocenters. The van der Waals surface area contributed by atoms with E-state index in [0.717, 1.165) is 23.1 Å². The average molecular weight is 953 g/mol. The first-order valence-corrected chi connectivity index (χ1v) is 23.6. The van der Waals surface area contributed by atoms with Gasteiger partial charge in [-0.25, -0.2) is 14.4 Å². The van der Waals surface area contributed by atoms with Crippen molar-refractivity contribution in [3.8, 4) is 0 Å². The molecule has 0 bridgehead atoms. The largest absolute Gasteiger partial charge is 0.467 e. The Labute approximate surface area is 403 Å². The summed E-state index contributed by atoms with van der Waals surface area (Å²) < 4.78 is 55.2. The minimum atomic E-state index is -1.50. The second kappa shape index (κ2) is 27.9. The predicted molar refractivity (Wildman–Crippen MR) is 252 cm³/mol. The number of unbranched alkanes of at least 4 members (excludes halogenated alkanes) is 3. The van der Waals surface area contributed by atoms with Gasteiger partial charge in [0.25, 0.3) is 0 Å². The molecule has 6 rings (SSSR count). The molecule has 4 aromatic rings. The molecular formula is C52H64N4O13. The van der Waals surface area contributed by atoms with Crippen LogP contribution in [0, 0.1) is 5.92 Å². The molecule has 4 unspecified atom stereocenters. The zero-order valence-corrected chi connectivity index (χ0v) is 39.4. The van der Waals surface area contributed by atoms with Crippen molar-refractivity contribution in [1.82, 2.24) is 4.90 Å². The lowest BCUT2D eigenvalue weighted by Gasteiger charge is -2.48. The summed E-state index contributed by atoms with van der Waals surface area (Å²) in [5, 5.41) is 15.6. The summed E-state index contributed by atoms with van der Waals surface area (Å²) in [5.74, 6) is -2.16. The highest BCUT2D eigenvalue weighted by molar-refractivity contribution is 5.89. The Kier molecular flexibility index (Phi) is 21.3. The molecule has 2 aliphatic heterocycles. The molecule has 1 N–H and O–H groups in total. The average Bonchev–Trinajstić information content (AvgIpc) is 3.38. The Balaban J connectivity index is 1.18. The molecule has 2 heterocycles. The van der Waals surface area contributed by atoms with E-state index in [4.69, 9.17) is 42.6 Å². The van der Waals surface area contributed by atoms with Gasteiger partial charge in [-0.1, -0.05) is 135 Å². The molecule has 370 valence electrons. The summed E-state index contributed by atoms with van der Waals surface area (Å²) in [4.78, 5) is 44.6. The van der Waals surface area contributed by atoms with Crippen molar-refractivity contribution in [1.29, 1.82) is 0 Å². The number of esters is 2. The van der Waals surface area contributed by atoms with Crippen molar-refractivity contribution in [3.05, 3.63) is 154 Å². The summed E-state index contributed by atoms with van der Waals surface area (Å²) in [5.41, 5.74) is 13.0. The van der Waals surface area contributed by atoms with E-state index in [2.05, 4.69) is 10.0 Å². The number of azide groups is 1. The maximum absolute atomic E-state index is 13.4. The molecule has 17 heteroatoms. The van der Waals surface area contributed by atoms with E-state index in [1.807, 2.05) is 97.9 Å². The summed E-state index contributed by atoms with van der Waals surface area (Å²) in [6, 6.07) is 35.9. The normalized spacial score (nSPS) is 24.3. The van der Waals surface area contributed by atoms with Gasteiger partial charge in [-0.15, -0.1) is 0 Å². The number of benzene rings is 4. The third-order valence-electron chi connectivity index (χ3n) is 11.9. The Hall–Kier alpha value is -5.88. The molecule has 4 aromatic carbocycles. The molecule has 2 fully saturated rings. The Morgan fingerprint density at radius 3 is 1.97 bits per heavy atom. The van der Waals surface area contributed by atoms with Crippen molar-refractivity contribution in [2.24, 2.45) is 11.0 Å². The predicted octanol–water partition coefficient (Wildman–Crippen LogP) is 8.32. The lowest BCUT2D eigenvalue weighted by atomic mass is 9.91. The van der Waals surface area contributed by atoms with Crippen LogP contribution in [0.3, 0.4) is 0 Å². The Bertz CT molecular complexity index is 2190. The number of aliphatic hydroxyl groups is 1. The van der Waals surface area contributed by atoms with Gasteiger partial charge in [-0.2, -0.15) is 0 Å². The Morgan fingerprint density at radius 2 is 1.33 bits per heavy atom. The molecule has 1 amide bonds. The molecular weight excluding hydrogens is 889 g/mol. The topological polar surface area (TPSA) is 207 Å². The van der Waals surface area contributed by atoms with Crippen molar-refractivity contribution < 1.29 is 62.1 Å². The molecule has 0 aliphatic carbocycles. The van der Waals surface area contributed by atoms with Crippen LogP contribution >= 0.6 is 0 Å². The van der Waals surface area contributed by atoms with E-state index in [-0.39, 0.29) is 33.0 Å². The number of amides is 1. The minimum Gasteiger partial charge on any atom is -0.467 e. The first-order valence-electron chi connectivity index (χ1n) is 23.6. The van der Waals surface area contributed by atoms with Crippen LogP contribution in [0.1, 0.15) is 73.0 Å². The monoisotopic (exact) mass is 952 g/mol. The van der Waals surface area contributed by atoms with Gasteiger partial charge in [0.15, 0.2) is 18.7 Å². The molecule has 2 aliphatic rings. The van der Waals surface area contributed by atoms with Crippen LogP contribution < -0.4 is 0 Å². The van der Waals surface area contributed by atoms with Crippen LogP contribution in [0.5, 0.6) is 0 Å². The van der Waals surface area contributed by atoms with Crippen LogP contribution in [-0.4, -0.2) is 117 Å². The smallest absolute Gasteiger partial charge is 0.410 e. The molecule has 0 aromatic heterocycles. The number of nitrogens with zero attached hydrogens (tertiary/aromatic N) is 4. The fraction of sp³-hybridized carbons (Fsp3) is 0.481. The summed E-state index contributed by atoms with van der Waals surface area (Å²) in [6.45, 7) is 4.90. The van der Waals surface area contributed by atoms with Gasteiger partial charge in [-0.05, 0) is 60.0 Å². The minimum absolute atomic E-state index is 0.117. The number of aliphatic hydroxyl groups excluding tert-OH is 1. The van der Waals surface area contributed by atoms with Gasteiger partial charge in [0, 0.05) is 37.1 Å². The summed E-state index contributed by atoms with van der Waals surface area (Å²) in [6.07, 6.45) is -6.72. The number of methoxy groups -OCH3 is 1. The van der Waals surface area contributed by atoms with Gasteiger partial charge >= 0.3 is 18.0 Å². The van der Waals surface area contributed by atoms with Gasteiger partial charge in [-0.3, -0.25) is 0 Å². The van der Waals surface area contributed by atoms with Crippen LogP contribution in [0.15, 0.2) is 126 Å². The maximum atomic E-state index is 13.4. The number of hydrogen-bond acceptors (Lipinski definition) is 14. The number of rotatable bonds is 25. The maximum Gasteiger partial charge on any atom is 0.410 e. The Morgan fingerprint density at radius 1 is 0.710 bits per heavy atom. The highest BCUT2D eigenvalue weighted by Gasteiger charge is 2.53. The molecule has 0 saturated carbocycles. The van der Waals surface area contributed by atoms with E-state index >= 15 is 0 Å². The van der Waals surface area contributed by atoms with Crippen molar-refractivity contribution in [2.45, 2.75) is 121 Å². The molecule has 2 saturated heterocycles. The van der Waals surface area contributed by atoms with Crippen molar-refractivity contribution >= 4 is 18.0 Å². The number of carbonyl (C=O) groups is 3. The number of carbonyl (C=O) groups excluding carboxylic acids is 3. The van der Waals surface area contributed by atoms with Crippen LogP contribution in [0.25, 0.3) is 10.4 Å². The molecule has 17 nitrogen and oxygen atoms in total. The van der Waals surface area contributed by atoms with Gasteiger partial charge in [0.2, 0.25) is 0 Å². The lowest BCUT2D eigenvalue weighted by Crippen LogP contribution is -2.64. The molecule has 0 radical (unpaired) electrons. The van der Waals surface area contributed by atoms with Gasteiger partial charge < -0.3 is 52.6 Å². The molecule has 0 spiro atoms. The van der Waals surface area contributed by atoms with E-state index in [9.17, 15) is 25.0 Å². The van der Waals surface area contributed by atoms with Gasteiger partial charge in [0.05, 0.1) is 31.5 Å². The standard InChI is InChI=1S/C52H64N4O13/c1-4-5-30-62-46-42(54-55-53)51(63-31-20-10-19-29-56(32-37-21-11-6-12-22-37)52(60)66-34-39-25-15-8-16-26-39)67-41(35-65-48(58)40-27-17-9-18-28-40)45(46)68-50-36(2)44(43(57)47(69-50)49(59)61-3)64-33-38-23-13-7-14-24-38/h6-9,11-18,21-28,36,41-47,50-51,57H,4-5,10,19-20,29-35H2,1-3H3/t36?,41?,42-,43-,44-,45+,46?,47?,50+,51+/m0/s1. The number of hydrogen-bond donors (Lipinski definition) is 1. The zero-order valence-electron chi connectivity index (χ0n) is 39.4. The van der Waals surface area contributed by atoms with Crippen LogP contribution in [0.2, 0.25) is 0 Å². The second-order valence-corrected chi connectivity index (χ2v) is 16.9. The van der Waals surface area contributed by atoms with E-state index in [1.54, 1.807) is 42.2 Å². The highest BCUT2D eigenvalue weighted by atomic mass is 16.7. The highest BCUT2D eigenvalue weighted by Crippen LogP contribution is 2.36. The fourth-order valence-corrected chi connectivity index (χ4v) is 8.14. The second-order valence-electron chi connectivity index (χ2n) is 16.9. The van der Waals surface area contributed by atoms with Crippen LogP contribution in [0.4, 0.5) is 4.79 Å². The van der Waals surface area contributed by atoms with E-state index < -0.39 is 79.2 Å². The third-order valence-corrected chi connectivity index (χ3v) is 11.9. The van der Waals surface area contributed by atoms with E-state index in [0.29, 0.717) is 44.3 Å². The van der Waals surface area contributed by atoms with Crippen LogP contribution in [-0.2, 0) is 67.2 Å². The third kappa shape index (κ3) is 15.6. The first-order chi connectivity index (χ1) is 33.7. The first kappa shape index (κ1) is 52.5. The SMILES string of the molecule is CCCCOC1[C@H](O[C@@H]2OC(C(=O)OC)[C@@H](O)[C@@H](OCc3ccccc3)C2C)C(COC(=O)c2ccccc2)O[C@@H](OCCCCCN(Cc2ccccc2)C(=O)OCc2ccccc2)[C@H]1N=[N+]=[N-]. The van der Waals surface area contributed by atoms with Crippen molar-refractivity contribution in [2.75, 3.05) is 33.5 Å². The van der Waals surface area contributed by atoms with Crippen molar-refractivity contribution in [3.63, 3.8) is 0 Å². The fourth-order valence-electron chi connectivity index (χ4n) is 8.14. The van der Waals surface area contributed by atoms with Gasteiger partial charge in [0.1, 0.15) is 37.6 Å². The summed E-state index contributed by atoms with van der Waals surface area (Å²) in [7, 11) is 1.19. The lowest BCUT2D eigenvalue weighted by molar-refractivity contribution is -0.339. The quantitative estimate of drug-likeness (QED) is 0.0166. The molecule has 69 heavy (non-hydrogen) atoms. The van der Waals surface area contributed by atoms with E-state index in [1.165, 1.54) is 7.11 Å². The number of ether oxygens (including phenoxy) is 9.